The van der Waals surface area contributed by atoms with Gasteiger partial charge in [-0.2, -0.15) is 0 Å². The van der Waals surface area contributed by atoms with Gasteiger partial charge in [-0.15, -0.1) is 11.8 Å². The quantitative estimate of drug-likeness (QED) is 0.561. The second-order valence-corrected chi connectivity index (χ2v) is 6.78. The maximum absolute atomic E-state index is 11.9. The van der Waals surface area contributed by atoms with Gasteiger partial charge in [-0.3, -0.25) is 4.57 Å². The Balaban J connectivity index is 1.62. The van der Waals surface area contributed by atoms with E-state index >= 15 is 0 Å². The number of fused-ring (bicyclic) bond motifs is 1. The molecule has 20 heavy (non-hydrogen) atoms. The van der Waals surface area contributed by atoms with Crippen molar-refractivity contribution in [2.24, 2.45) is 0 Å². The summed E-state index contributed by atoms with van der Waals surface area (Å²) in [5, 5.41) is 0.598. The van der Waals surface area contributed by atoms with Gasteiger partial charge in [-0.25, -0.2) is 9.78 Å². The van der Waals surface area contributed by atoms with Crippen molar-refractivity contribution in [2.45, 2.75) is 17.2 Å². The van der Waals surface area contributed by atoms with E-state index in [9.17, 15) is 4.79 Å². The van der Waals surface area contributed by atoms with Crippen LogP contribution in [0.3, 0.4) is 0 Å². The molecule has 0 saturated carbocycles. The molecule has 0 aliphatic carbocycles. The van der Waals surface area contributed by atoms with Crippen LogP contribution in [0, 0.1) is 0 Å². The molecule has 0 aliphatic heterocycles. The first kappa shape index (κ1) is 13.3. The topological polar surface area (TPSA) is 76.7 Å². The van der Waals surface area contributed by atoms with Crippen molar-refractivity contribution in [3.8, 4) is 0 Å². The number of H-pyrrole nitrogens is 1. The number of para-hydroxylation sites is 2. The van der Waals surface area contributed by atoms with Crippen molar-refractivity contribution in [1.82, 2.24) is 14.5 Å². The number of rotatable bonds is 5. The van der Waals surface area contributed by atoms with E-state index in [2.05, 4.69) is 9.97 Å². The molecule has 0 fully saturated rings. The van der Waals surface area contributed by atoms with Crippen molar-refractivity contribution in [3.05, 3.63) is 40.9 Å². The normalized spacial score (nSPS) is 11.2. The summed E-state index contributed by atoms with van der Waals surface area (Å²) >= 11 is 3.22. The first-order chi connectivity index (χ1) is 9.74. The maximum Gasteiger partial charge on any atom is 0.326 e. The Morgan fingerprint density at radius 3 is 3.05 bits per heavy atom. The van der Waals surface area contributed by atoms with Crippen LogP contribution in [0.15, 0.2) is 39.5 Å². The van der Waals surface area contributed by atoms with Crippen LogP contribution in [-0.4, -0.2) is 20.3 Å². The number of nitrogens with one attached hydrogen (secondary N) is 1. The number of thiazole rings is 1. The molecule has 0 aliphatic rings. The number of nitrogen functional groups attached to an aromatic ring is 1. The number of benzene rings is 1. The van der Waals surface area contributed by atoms with Gasteiger partial charge < -0.3 is 10.7 Å². The second kappa shape index (κ2) is 5.72. The average Bonchev–Trinajstić information content (AvgIpc) is 2.98. The van der Waals surface area contributed by atoms with Crippen molar-refractivity contribution >= 4 is 39.3 Å². The standard InChI is InChI=1S/C13H14N4OS2/c14-12-15-8-11(20-12)19-7-3-6-17-10-5-2-1-4-9(10)16-13(17)18/h1-2,4-5,8H,3,6-7H2,(H2,14,15)(H,16,18). The Labute approximate surface area is 123 Å². The fourth-order valence-electron chi connectivity index (χ4n) is 2.06. The molecule has 104 valence electrons. The summed E-state index contributed by atoms with van der Waals surface area (Å²) in [6.45, 7) is 0.712. The lowest BCUT2D eigenvalue weighted by Gasteiger charge is -2.02. The first-order valence-corrected chi connectivity index (χ1v) is 8.06. The van der Waals surface area contributed by atoms with Gasteiger partial charge in [-0.1, -0.05) is 23.5 Å². The van der Waals surface area contributed by atoms with Gasteiger partial charge in [-0.05, 0) is 18.6 Å². The van der Waals surface area contributed by atoms with Crippen LogP contribution in [0.2, 0.25) is 0 Å². The molecular formula is C13H14N4OS2. The highest BCUT2D eigenvalue weighted by molar-refractivity contribution is 8.01. The maximum atomic E-state index is 11.9. The minimum atomic E-state index is -0.0433. The lowest BCUT2D eigenvalue weighted by Crippen LogP contribution is -2.17. The molecule has 0 atom stereocenters. The molecule has 0 unspecified atom stereocenters. The van der Waals surface area contributed by atoms with E-state index in [-0.39, 0.29) is 5.69 Å². The van der Waals surface area contributed by atoms with Crippen molar-refractivity contribution in [1.29, 1.82) is 0 Å². The number of nitrogens with zero attached hydrogens (tertiary/aromatic N) is 2. The Morgan fingerprint density at radius 1 is 1.40 bits per heavy atom. The van der Waals surface area contributed by atoms with Gasteiger partial charge in [0.05, 0.1) is 21.4 Å². The Bertz CT molecular complexity index is 774. The Morgan fingerprint density at radius 2 is 2.25 bits per heavy atom. The smallest absolute Gasteiger partial charge is 0.326 e. The third-order valence-electron chi connectivity index (χ3n) is 2.95. The molecule has 3 aromatic rings. The molecule has 3 N–H and O–H groups in total. The van der Waals surface area contributed by atoms with E-state index in [1.165, 1.54) is 11.3 Å². The number of aryl methyl sites for hydroxylation is 1. The predicted molar refractivity (Wildman–Crippen MR) is 84.4 cm³/mol. The first-order valence-electron chi connectivity index (χ1n) is 6.26. The molecule has 5 nitrogen and oxygen atoms in total. The predicted octanol–water partition coefficient (Wildman–Crippen LogP) is 2.55. The van der Waals surface area contributed by atoms with E-state index < -0.39 is 0 Å². The van der Waals surface area contributed by atoms with E-state index in [1.807, 2.05) is 24.3 Å². The van der Waals surface area contributed by atoms with Crippen molar-refractivity contribution in [2.75, 3.05) is 11.5 Å². The molecule has 1 aromatic carbocycles. The molecule has 2 aromatic heterocycles. The monoisotopic (exact) mass is 306 g/mol. The number of thioether (sulfide) groups is 1. The average molecular weight is 306 g/mol. The molecule has 0 amide bonds. The van der Waals surface area contributed by atoms with Gasteiger partial charge in [0.2, 0.25) is 0 Å². The van der Waals surface area contributed by atoms with Gasteiger partial charge in [0, 0.05) is 12.3 Å². The molecule has 0 spiro atoms. The molecular weight excluding hydrogens is 292 g/mol. The third kappa shape index (κ3) is 2.73. The van der Waals surface area contributed by atoms with E-state index in [1.54, 1.807) is 22.5 Å². The molecule has 2 heterocycles. The summed E-state index contributed by atoms with van der Waals surface area (Å²) < 4.78 is 2.91. The fraction of sp³-hybridized carbons (Fsp3) is 0.231. The SMILES string of the molecule is Nc1ncc(SCCCn2c(=O)[nH]c3ccccc32)s1. The van der Waals surface area contributed by atoms with Crippen LogP contribution in [0.1, 0.15) is 6.42 Å². The largest absolute Gasteiger partial charge is 0.375 e. The summed E-state index contributed by atoms with van der Waals surface area (Å²) in [6.07, 6.45) is 2.72. The molecule has 7 heteroatoms. The molecule has 3 rings (SSSR count). The molecule has 0 radical (unpaired) electrons. The highest BCUT2D eigenvalue weighted by atomic mass is 32.2. The fourth-order valence-corrected chi connectivity index (χ4v) is 3.82. The number of aromatic amines is 1. The van der Waals surface area contributed by atoms with E-state index in [0.717, 1.165) is 27.4 Å². The highest BCUT2D eigenvalue weighted by Gasteiger charge is 2.05. The summed E-state index contributed by atoms with van der Waals surface area (Å²) in [6, 6.07) is 7.75. The minimum Gasteiger partial charge on any atom is -0.375 e. The highest BCUT2D eigenvalue weighted by Crippen LogP contribution is 2.26. The summed E-state index contributed by atoms with van der Waals surface area (Å²) in [4.78, 5) is 18.8. The lowest BCUT2D eigenvalue weighted by atomic mass is 10.3. The van der Waals surface area contributed by atoms with Crippen LogP contribution in [0.25, 0.3) is 11.0 Å². The summed E-state index contributed by atoms with van der Waals surface area (Å²) in [7, 11) is 0. The van der Waals surface area contributed by atoms with Crippen LogP contribution in [-0.2, 0) is 6.54 Å². The number of anilines is 1. The molecule has 0 bridgehead atoms. The van der Waals surface area contributed by atoms with Gasteiger partial charge in [0.25, 0.3) is 0 Å². The Kier molecular flexibility index (Phi) is 3.79. The number of nitrogens with two attached hydrogens (primary N) is 1. The minimum absolute atomic E-state index is 0.0433. The van der Waals surface area contributed by atoms with Gasteiger partial charge in [0.1, 0.15) is 0 Å². The second-order valence-electron chi connectivity index (χ2n) is 4.32. The number of imidazole rings is 1. The lowest BCUT2D eigenvalue weighted by molar-refractivity contribution is 0.679. The van der Waals surface area contributed by atoms with Crippen molar-refractivity contribution in [3.63, 3.8) is 0 Å². The van der Waals surface area contributed by atoms with E-state index in [0.29, 0.717) is 11.7 Å². The zero-order chi connectivity index (χ0) is 13.9. The van der Waals surface area contributed by atoms with Crippen molar-refractivity contribution < 1.29 is 0 Å². The summed E-state index contributed by atoms with van der Waals surface area (Å²) in [5.41, 5.74) is 7.40. The molecule has 0 saturated heterocycles. The van der Waals surface area contributed by atoms with Gasteiger partial charge in [0.15, 0.2) is 5.13 Å². The third-order valence-corrected chi connectivity index (χ3v) is 5.06. The van der Waals surface area contributed by atoms with E-state index in [4.69, 9.17) is 5.73 Å². The van der Waals surface area contributed by atoms with Crippen LogP contribution < -0.4 is 11.4 Å². The number of hydrogen-bond acceptors (Lipinski definition) is 5. The zero-order valence-electron chi connectivity index (χ0n) is 10.7. The van der Waals surface area contributed by atoms with Crippen LogP contribution in [0.5, 0.6) is 0 Å². The number of hydrogen-bond donors (Lipinski definition) is 2. The van der Waals surface area contributed by atoms with Crippen LogP contribution >= 0.6 is 23.1 Å². The Hall–Kier alpha value is -1.73. The van der Waals surface area contributed by atoms with Gasteiger partial charge >= 0.3 is 5.69 Å². The zero-order valence-corrected chi connectivity index (χ0v) is 12.3. The van der Waals surface area contributed by atoms with Crippen LogP contribution in [0.4, 0.5) is 5.13 Å². The summed E-state index contributed by atoms with van der Waals surface area (Å²) in [5.74, 6) is 0.938. The number of aromatic nitrogens is 3.